The Morgan fingerprint density at radius 3 is 1.71 bits per heavy atom. The van der Waals surface area contributed by atoms with Crippen molar-refractivity contribution < 1.29 is 26.3 Å². The molecule has 0 atom stereocenters. The molecular formula is C18H24N2O6S2. The molecule has 2 aromatic rings. The Kier molecular flexibility index (Phi) is 6.91. The quantitative estimate of drug-likeness (QED) is 0.659. The molecule has 0 aliphatic rings. The highest BCUT2D eigenvalue weighted by atomic mass is 32.2. The van der Waals surface area contributed by atoms with Gasteiger partial charge in [-0.3, -0.25) is 4.72 Å². The zero-order valence-corrected chi connectivity index (χ0v) is 17.8. The zero-order chi connectivity index (χ0) is 20.9. The third kappa shape index (κ3) is 4.75. The molecule has 0 fully saturated rings. The molecule has 8 nitrogen and oxygen atoms in total. The van der Waals surface area contributed by atoms with Gasteiger partial charge in [0.15, 0.2) is 0 Å². The van der Waals surface area contributed by atoms with Crippen molar-refractivity contribution in [3.05, 3.63) is 42.5 Å². The minimum Gasteiger partial charge on any atom is -0.497 e. The lowest BCUT2D eigenvalue weighted by atomic mass is 10.3. The third-order valence-electron chi connectivity index (χ3n) is 4.08. The number of hydrogen-bond donors (Lipinski definition) is 1. The molecule has 0 unspecified atom stereocenters. The van der Waals surface area contributed by atoms with Gasteiger partial charge in [0, 0.05) is 31.3 Å². The van der Waals surface area contributed by atoms with Gasteiger partial charge < -0.3 is 9.47 Å². The van der Waals surface area contributed by atoms with Gasteiger partial charge >= 0.3 is 0 Å². The summed E-state index contributed by atoms with van der Waals surface area (Å²) in [4.78, 5) is -0.0222. The Morgan fingerprint density at radius 1 is 0.821 bits per heavy atom. The molecule has 10 heteroatoms. The van der Waals surface area contributed by atoms with Crippen LogP contribution < -0.4 is 14.2 Å². The van der Waals surface area contributed by atoms with Crippen LogP contribution in [-0.2, 0) is 20.0 Å². The van der Waals surface area contributed by atoms with Gasteiger partial charge in [-0.2, -0.15) is 4.31 Å². The number of hydrogen-bond acceptors (Lipinski definition) is 6. The van der Waals surface area contributed by atoms with E-state index in [-0.39, 0.29) is 15.5 Å². The summed E-state index contributed by atoms with van der Waals surface area (Å²) in [5.41, 5.74) is 0.260. The fourth-order valence-corrected chi connectivity index (χ4v) is 5.08. The van der Waals surface area contributed by atoms with Crippen LogP contribution in [0.15, 0.2) is 52.3 Å². The van der Waals surface area contributed by atoms with Crippen LogP contribution in [0.5, 0.6) is 11.5 Å². The van der Waals surface area contributed by atoms with E-state index < -0.39 is 20.0 Å². The second-order valence-corrected chi connectivity index (χ2v) is 9.39. The van der Waals surface area contributed by atoms with Gasteiger partial charge in [0.05, 0.1) is 29.7 Å². The van der Waals surface area contributed by atoms with Crippen molar-refractivity contribution in [2.24, 2.45) is 0 Å². The molecule has 0 heterocycles. The van der Waals surface area contributed by atoms with Crippen LogP contribution in [0.25, 0.3) is 0 Å². The highest BCUT2D eigenvalue weighted by molar-refractivity contribution is 7.92. The smallest absolute Gasteiger partial charge is 0.261 e. The number of sulfonamides is 2. The SMILES string of the molecule is CCN(CC)S(=O)(=O)c1ccc(S(=O)(=O)Nc2cc(OC)cc(OC)c2)cc1. The number of methoxy groups -OCH3 is 2. The summed E-state index contributed by atoms with van der Waals surface area (Å²) in [6.45, 7) is 4.15. The Morgan fingerprint density at radius 2 is 1.29 bits per heavy atom. The molecule has 0 aliphatic heterocycles. The second kappa shape index (κ2) is 8.80. The van der Waals surface area contributed by atoms with Crippen molar-refractivity contribution in [3.63, 3.8) is 0 Å². The van der Waals surface area contributed by atoms with Crippen molar-refractivity contribution in [2.45, 2.75) is 23.6 Å². The lowest BCUT2D eigenvalue weighted by Gasteiger charge is -2.18. The normalized spacial score (nSPS) is 12.0. The molecule has 0 saturated heterocycles. The fraction of sp³-hybridized carbons (Fsp3) is 0.333. The zero-order valence-electron chi connectivity index (χ0n) is 16.2. The van der Waals surface area contributed by atoms with Crippen LogP contribution in [-0.4, -0.2) is 48.4 Å². The first-order valence-corrected chi connectivity index (χ1v) is 11.5. The summed E-state index contributed by atoms with van der Waals surface area (Å²) in [5, 5.41) is 0. The van der Waals surface area contributed by atoms with Crippen molar-refractivity contribution >= 4 is 25.7 Å². The van der Waals surface area contributed by atoms with Crippen molar-refractivity contribution in [2.75, 3.05) is 32.0 Å². The Balaban J connectivity index is 2.33. The number of rotatable bonds is 9. The average Bonchev–Trinajstić information content (AvgIpc) is 2.68. The summed E-state index contributed by atoms with van der Waals surface area (Å²) in [5.74, 6) is 0.857. The maximum absolute atomic E-state index is 12.7. The topological polar surface area (TPSA) is 102 Å². The van der Waals surface area contributed by atoms with E-state index in [0.29, 0.717) is 24.6 Å². The first kappa shape index (κ1) is 22.0. The molecule has 0 amide bonds. The summed E-state index contributed by atoms with van der Waals surface area (Å²) >= 11 is 0. The first-order chi connectivity index (χ1) is 13.2. The van der Waals surface area contributed by atoms with Gasteiger partial charge in [0.2, 0.25) is 10.0 Å². The number of benzene rings is 2. The highest BCUT2D eigenvalue weighted by Gasteiger charge is 2.23. The van der Waals surface area contributed by atoms with Gasteiger partial charge in [0.1, 0.15) is 11.5 Å². The summed E-state index contributed by atoms with van der Waals surface area (Å²) in [6.07, 6.45) is 0. The van der Waals surface area contributed by atoms with Crippen molar-refractivity contribution in [3.8, 4) is 11.5 Å². The third-order valence-corrected chi connectivity index (χ3v) is 7.54. The Labute approximate surface area is 166 Å². The maximum atomic E-state index is 12.7. The predicted molar refractivity (Wildman–Crippen MR) is 107 cm³/mol. The standard InChI is InChI=1S/C18H24N2O6S2/c1-5-20(6-2)28(23,24)18-9-7-17(8-10-18)27(21,22)19-14-11-15(25-3)13-16(12-14)26-4/h7-13,19H,5-6H2,1-4H3. The largest absolute Gasteiger partial charge is 0.497 e. The molecule has 2 rings (SSSR count). The molecule has 154 valence electrons. The van der Waals surface area contributed by atoms with E-state index in [9.17, 15) is 16.8 Å². The van der Waals surface area contributed by atoms with Gasteiger partial charge in [-0.1, -0.05) is 13.8 Å². The fourth-order valence-electron chi connectivity index (χ4n) is 2.58. The average molecular weight is 429 g/mol. The minimum absolute atomic E-state index is 0.0400. The number of nitrogens with one attached hydrogen (secondary N) is 1. The van der Waals surface area contributed by atoms with Gasteiger partial charge in [-0.15, -0.1) is 0 Å². The molecule has 2 aromatic carbocycles. The summed E-state index contributed by atoms with van der Waals surface area (Å²) in [7, 11) is -4.66. The van der Waals surface area contributed by atoms with E-state index in [1.165, 1.54) is 54.9 Å². The van der Waals surface area contributed by atoms with Crippen LogP contribution in [0.2, 0.25) is 0 Å². The van der Waals surface area contributed by atoms with E-state index in [1.54, 1.807) is 19.9 Å². The molecule has 0 bridgehead atoms. The molecule has 0 aliphatic carbocycles. The molecule has 0 radical (unpaired) electrons. The van der Waals surface area contributed by atoms with E-state index in [4.69, 9.17) is 9.47 Å². The van der Waals surface area contributed by atoms with Gasteiger partial charge in [0.25, 0.3) is 10.0 Å². The summed E-state index contributed by atoms with van der Waals surface area (Å²) < 4.78 is 64.4. The highest BCUT2D eigenvalue weighted by Crippen LogP contribution is 2.28. The van der Waals surface area contributed by atoms with Gasteiger partial charge in [-0.25, -0.2) is 16.8 Å². The molecule has 1 N–H and O–H groups in total. The van der Waals surface area contributed by atoms with Crippen molar-refractivity contribution in [1.82, 2.24) is 4.31 Å². The van der Waals surface area contributed by atoms with Crippen LogP contribution >= 0.6 is 0 Å². The van der Waals surface area contributed by atoms with Crippen LogP contribution in [0, 0.1) is 0 Å². The predicted octanol–water partition coefficient (Wildman–Crippen LogP) is 2.54. The lowest BCUT2D eigenvalue weighted by molar-refractivity contribution is 0.395. The van der Waals surface area contributed by atoms with Crippen LogP contribution in [0.1, 0.15) is 13.8 Å². The van der Waals surface area contributed by atoms with Crippen LogP contribution in [0.3, 0.4) is 0 Å². The molecule has 0 spiro atoms. The second-order valence-electron chi connectivity index (χ2n) is 5.77. The van der Waals surface area contributed by atoms with E-state index in [1.807, 2.05) is 0 Å². The molecule has 0 saturated carbocycles. The van der Waals surface area contributed by atoms with Gasteiger partial charge in [-0.05, 0) is 24.3 Å². The molecular weight excluding hydrogens is 404 g/mol. The van der Waals surface area contributed by atoms with Crippen molar-refractivity contribution in [1.29, 1.82) is 0 Å². The molecule has 0 aromatic heterocycles. The summed E-state index contributed by atoms with van der Waals surface area (Å²) in [6, 6.07) is 9.73. The van der Waals surface area contributed by atoms with E-state index >= 15 is 0 Å². The Bertz CT molecular complexity index is 992. The minimum atomic E-state index is -3.93. The number of ether oxygens (including phenoxy) is 2. The van der Waals surface area contributed by atoms with E-state index in [2.05, 4.69) is 4.72 Å². The first-order valence-electron chi connectivity index (χ1n) is 8.54. The number of anilines is 1. The monoisotopic (exact) mass is 428 g/mol. The van der Waals surface area contributed by atoms with Crippen LogP contribution in [0.4, 0.5) is 5.69 Å². The lowest BCUT2D eigenvalue weighted by Crippen LogP contribution is -2.30. The maximum Gasteiger partial charge on any atom is 0.261 e. The Hall–Kier alpha value is -2.30. The van der Waals surface area contributed by atoms with E-state index in [0.717, 1.165) is 0 Å². The number of nitrogens with zero attached hydrogens (tertiary/aromatic N) is 1. The molecule has 28 heavy (non-hydrogen) atoms.